The molecule has 11 nitrogen and oxygen atoms in total. The number of aliphatic imine (C=N–C) groups is 2. The van der Waals surface area contributed by atoms with Gasteiger partial charge in [0.15, 0.2) is 0 Å². The minimum atomic E-state index is -0.663. The fourth-order valence-corrected chi connectivity index (χ4v) is 8.87. The van der Waals surface area contributed by atoms with Crippen molar-refractivity contribution in [1.82, 2.24) is 25.8 Å². The second-order valence-corrected chi connectivity index (χ2v) is 15.7. The summed E-state index contributed by atoms with van der Waals surface area (Å²) >= 11 is 0. The van der Waals surface area contributed by atoms with E-state index in [1.54, 1.807) is 0 Å². The predicted molar refractivity (Wildman–Crippen MR) is 220 cm³/mol. The number of ether oxygens (including phenoxy) is 1. The molecule has 0 bridgehead atoms. The van der Waals surface area contributed by atoms with Crippen molar-refractivity contribution in [1.29, 1.82) is 0 Å². The molecule has 4 aliphatic rings. The third-order valence-corrected chi connectivity index (χ3v) is 11.8. The first kappa shape index (κ1) is 37.2. The Morgan fingerprint density at radius 3 is 2.09 bits per heavy atom. The van der Waals surface area contributed by atoms with Crippen molar-refractivity contribution in [3.8, 4) is 11.1 Å². The van der Waals surface area contributed by atoms with Crippen molar-refractivity contribution in [3.63, 3.8) is 0 Å². The highest BCUT2D eigenvalue weighted by Crippen LogP contribution is 2.36. The molecule has 0 saturated carbocycles. The Hall–Kier alpha value is -5.71. The molecule has 4 heterocycles. The van der Waals surface area contributed by atoms with Gasteiger partial charge >= 0.3 is 6.09 Å². The van der Waals surface area contributed by atoms with Crippen LogP contribution in [0.4, 0.5) is 4.79 Å². The van der Waals surface area contributed by atoms with Crippen LogP contribution in [-0.2, 0) is 20.7 Å². The molecular weight excluding hydrogens is 703 g/mol. The zero-order valence-electron chi connectivity index (χ0n) is 32.4. The van der Waals surface area contributed by atoms with Gasteiger partial charge in [-0.1, -0.05) is 105 Å². The van der Waals surface area contributed by atoms with Gasteiger partial charge < -0.3 is 30.5 Å². The quantitative estimate of drug-likeness (QED) is 0.177. The maximum absolute atomic E-state index is 13.6. The van der Waals surface area contributed by atoms with Crippen LogP contribution >= 0.6 is 0 Å². The lowest BCUT2D eigenvalue weighted by Crippen LogP contribution is -2.54. The average molecular weight is 754 g/mol. The lowest BCUT2D eigenvalue weighted by molar-refractivity contribution is -0.134. The maximum atomic E-state index is 13.6. The zero-order chi connectivity index (χ0) is 38.8. The van der Waals surface area contributed by atoms with Crippen molar-refractivity contribution >= 4 is 40.4 Å². The fraction of sp³-hybridized carbons (Fsp3) is 0.400. The molecule has 8 rings (SSSR count). The van der Waals surface area contributed by atoms with Crippen LogP contribution in [0.3, 0.4) is 0 Å². The first-order valence-electron chi connectivity index (χ1n) is 20.0. The molecule has 11 heteroatoms. The lowest BCUT2D eigenvalue weighted by Gasteiger charge is -2.31. The molecule has 3 N–H and O–H groups in total. The number of benzene rings is 4. The van der Waals surface area contributed by atoms with E-state index in [1.165, 1.54) is 29.0 Å². The van der Waals surface area contributed by atoms with Crippen LogP contribution in [0.5, 0.6) is 0 Å². The highest BCUT2D eigenvalue weighted by atomic mass is 16.5. The summed E-state index contributed by atoms with van der Waals surface area (Å²) in [7, 11) is 1.31. The van der Waals surface area contributed by atoms with E-state index in [0.717, 1.165) is 60.6 Å². The van der Waals surface area contributed by atoms with Crippen molar-refractivity contribution in [3.05, 3.63) is 108 Å². The third kappa shape index (κ3) is 7.46. The summed E-state index contributed by atoms with van der Waals surface area (Å²) in [5.41, 5.74) is 5.69. The molecule has 56 heavy (non-hydrogen) atoms. The summed E-state index contributed by atoms with van der Waals surface area (Å²) in [5, 5.41) is 12.5. The van der Waals surface area contributed by atoms with E-state index in [1.807, 2.05) is 54.0 Å². The largest absolute Gasteiger partial charge is 0.453 e. The molecular formula is C45H51N7O4. The van der Waals surface area contributed by atoms with Crippen LogP contribution in [-0.4, -0.2) is 90.8 Å². The zero-order valence-corrected chi connectivity index (χ0v) is 32.4. The van der Waals surface area contributed by atoms with E-state index in [4.69, 9.17) is 14.7 Å². The summed E-state index contributed by atoms with van der Waals surface area (Å²) in [6.07, 6.45) is 3.42. The Kier molecular flexibility index (Phi) is 10.8. The molecule has 5 atom stereocenters. The number of nitrogens with one attached hydrogen (secondary N) is 3. The first-order valence-corrected chi connectivity index (χ1v) is 20.0. The SMILES string of the molecule is COC(=O)N[C@H](C(=O)N1CCC[C@H]1C1=NCC(c2ccc(-c3ccc(C4CN=C([C@@H]5CCCN5C(=O)Cc5ccccc5)N4)c4ccccc34)cc2)N1)C(C)C. The van der Waals surface area contributed by atoms with Crippen LogP contribution in [0.15, 0.2) is 101 Å². The second-order valence-electron chi connectivity index (χ2n) is 15.7. The van der Waals surface area contributed by atoms with Gasteiger partial charge in [-0.15, -0.1) is 0 Å². The van der Waals surface area contributed by atoms with Gasteiger partial charge in [-0.3, -0.25) is 19.6 Å². The van der Waals surface area contributed by atoms with E-state index in [2.05, 4.69) is 76.6 Å². The fourth-order valence-electron chi connectivity index (χ4n) is 8.87. The Balaban J connectivity index is 0.931. The van der Waals surface area contributed by atoms with Gasteiger partial charge in [-0.05, 0) is 70.2 Å². The molecule has 3 amide bonds. The number of hydrogen-bond acceptors (Lipinski definition) is 8. The number of carbonyl (C=O) groups excluding carboxylic acids is 3. The summed E-state index contributed by atoms with van der Waals surface area (Å²) in [5.74, 6) is 1.72. The summed E-state index contributed by atoms with van der Waals surface area (Å²) in [6, 6.07) is 30.9. The standard InChI is InChI=1S/C45H51N7O4/c1-28(2)41(50-45(55)56-3)44(54)52-24-10-16-39(52)43-46-26-36(48-43)31-19-17-30(18-20-31)32-21-22-35(34-14-8-7-13-33(32)34)37-27-47-42(49-37)38-15-9-23-51(38)40(53)25-29-11-5-4-6-12-29/h4-8,11-14,17-22,28,36-39,41H,9-10,15-16,23-27H2,1-3H3,(H,46,48)(H,47,49)(H,50,55)/t36?,37?,38-,39-,41-/m0/s1. The van der Waals surface area contributed by atoms with Crippen LogP contribution in [0, 0.1) is 5.92 Å². The van der Waals surface area contributed by atoms with Crippen molar-refractivity contribution in [2.24, 2.45) is 15.9 Å². The highest BCUT2D eigenvalue weighted by molar-refractivity contribution is 6.00. The minimum absolute atomic E-state index is 0.0109. The summed E-state index contributed by atoms with van der Waals surface area (Å²) in [4.78, 5) is 52.7. The van der Waals surface area contributed by atoms with Gasteiger partial charge in [-0.2, -0.15) is 0 Å². The molecule has 2 unspecified atom stereocenters. The van der Waals surface area contributed by atoms with Crippen LogP contribution in [0.1, 0.15) is 68.3 Å². The van der Waals surface area contributed by atoms with E-state index < -0.39 is 12.1 Å². The van der Waals surface area contributed by atoms with Gasteiger partial charge in [0.1, 0.15) is 17.7 Å². The highest BCUT2D eigenvalue weighted by Gasteiger charge is 2.40. The lowest BCUT2D eigenvalue weighted by atomic mass is 9.91. The number of methoxy groups -OCH3 is 1. The summed E-state index contributed by atoms with van der Waals surface area (Å²) < 4.78 is 4.79. The number of rotatable bonds is 10. The maximum Gasteiger partial charge on any atom is 0.407 e. The summed E-state index contributed by atoms with van der Waals surface area (Å²) in [6.45, 7) is 6.47. The van der Waals surface area contributed by atoms with Crippen molar-refractivity contribution in [2.45, 2.75) is 76.2 Å². The number of alkyl carbamates (subject to hydrolysis) is 1. The van der Waals surface area contributed by atoms with Crippen molar-refractivity contribution in [2.75, 3.05) is 33.3 Å². The molecule has 4 aromatic rings. The number of carbonyl (C=O) groups is 3. The van der Waals surface area contributed by atoms with E-state index >= 15 is 0 Å². The first-order chi connectivity index (χ1) is 27.3. The van der Waals surface area contributed by atoms with E-state index in [0.29, 0.717) is 26.1 Å². The Morgan fingerprint density at radius 1 is 0.768 bits per heavy atom. The van der Waals surface area contributed by atoms with E-state index in [9.17, 15) is 14.4 Å². The number of amidine groups is 2. The molecule has 0 aromatic heterocycles. The topological polar surface area (TPSA) is 128 Å². The number of fused-ring (bicyclic) bond motifs is 1. The van der Waals surface area contributed by atoms with Gasteiger partial charge in [0.05, 0.1) is 50.8 Å². The number of amides is 3. The predicted octanol–water partition coefficient (Wildman–Crippen LogP) is 6.20. The van der Waals surface area contributed by atoms with Crippen LogP contribution < -0.4 is 16.0 Å². The van der Waals surface area contributed by atoms with Crippen LogP contribution in [0.2, 0.25) is 0 Å². The Labute approximate surface area is 328 Å². The Morgan fingerprint density at radius 2 is 1.39 bits per heavy atom. The van der Waals surface area contributed by atoms with E-state index in [-0.39, 0.29) is 41.9 Å². The molecule has 4 aromatic carbocycles. The Bertz CT molecular complexity index is 2150. The normalized spacial score (nSPS) is 22.4. The molecule has 0 spiro atoms. The number of likely N-dealkylation sites (tertiary alicyclic amines) is 2. The number of hydrogen-bond donors (Lipinski definition) is 3. The smallest absolute Gasteiger partial charge is 0.407 e. The van der Waals surface area contributed by atoms with Crippen LogP contribution in [0.25, 0.3) is 21.9 Å². The minimum Gasteiger partial charge on any atom is -0.453 e. The molecule has 0 radical (unpaired) electrons. The molecule has 2 fully saturated rings. The second kappa shape index (κ2) is 16.2. The third-order valence-electron chi connectivity index (χ3n) is 11.8. The molecule has 290 valence electrons. The molecule has 2 saturated heterocycles. The molecule has 0 aliphatic carbocycles. The van der Waals surface area contributed by atoms with Crippen molar-refractivity contribution < 1.29 is 19.1 Å². The number of nitrogens with zero attached hydrogens (tertiary/aromatic N) is 4. The monoisotopic (exact) mass is 753 g/mol. The molecule has 4 aliphatic heterocycles. The average Bonchev–Trinajstić information content (AvgIpc) is 4.07. The van der Waals surface area contributed by atoms with Gasteiger partial charge in [0.25, 0.3) is 0 Å². The van der Waals surface area contributed by atoms with Gasteiger partial charge in [0, 0.05) is 13.1 Å². The van der Waals surface area contributed by atoms with Gasteiger partial charge in [0.2, 0.25) is 11.8 Å². The van der Waals surface area contributed by atoms with Gasteiger partial charge in [-0.25, -0.2) is 4.79 Å².